The molecule has 2 rings (SSSR count). The van der Waals surface area contributed by atoms with Gasteiger partial charge < -0.3 is 9.84 Å². The second-order valence-corrected chi connectivity index (χ2v) is 6.26. The molecule has 1 aromatic carbocycles. The summed E-state index contributed by atoms with van der Waals surface area (Å²) in [5, 5.41) is 9.55. The van der Waals surface area contributed by atoms with Gasteiger partial charge in [0.25, 0.3) is 0 Å². The van der Waals surface area contributed by atoms with E-state index < -0.39 is 24.0 Å². The summed E-state index contributed by atoms with van der Waals surface area (Å²) in [6.07, 6.45) is 8.19. The Hall–Kier alpha value is -1.84. The monoisotopic (exact) mass is 318 g/mol. The van der Waals surface area contributed by atoms with E-state index in [1.807, 2.05) is 0 Å². The molecule has 1 aliphatic heterocycles. The van der Waals surface area contributed by atoms with Crippen molar-refractivity contribution in [2.45, 2.75) is 70.3 Å². The van der Waals surface area contributed by atoms with Gasteiger partial charge in [-0.05, 0) is 24.5 Å². The van der Waals surface area contributed by atoms with Crippen LogP contribution in [-0.4, -0.2) is 23.1 Å². The van der Waals surface area contributed by atoms with Gasteiger partial charge in [0.15, 0.2) is 0 Å². The Bertz CT molecular complexity index is 538. The number of hydrogen-bond acceptors (Lipinski definition) is 3. The van der Waals surface area contributed by atoms with Crippen molar-refractivity contribution in [2.24, 2.45) is 0 Å². The summed E-state index contributed by atoms with van der Waals surface area (Å²) in [5.74, 6) is -2.06. The summed E-state index contributed by atoms with van der Waals surface area (Å²) in [7, 11) is 0. The van der Waals surface area contributed by atoms with Crippen molar-refractivity contribution in [2.75, 3.05) is 0 Å². The number of carbonyl (C=O) groups excluding carboxylic acids is 1. The minimum Gasteiger partial charge on any atom is -0.481 e. The van der Waals surface area contributed by atoms with Crippen LogP contribution in [0, 0.1) is 0 Å². The van der Waals surface area contributed by atoms with E-state index in [1.54, 1.807) is 24.3 Å². The molecule has 4 heteroatoms. The molecule has 1 heterocycles. The maximum atomic E-state index is 12.1. The van der Waals surface area contributed by atoms with Crippen LogP contribution in [0.4, 0.5) is 0 Å². The van der Waals surface area contributed by atoms with Crippen molar-refractivity contribution in [3.8, 4) is 0 Å². The normalized spacial score (nSPS) is 20.0. The largest absolute Gasteiger partial charge is 0.481 e. The van der Waals surface area contributed by atoms with Crippen LogP contribution < -0.4 is 0 Å². The van der Waals surface area contributed by atoms with E-state index in [2.05, 4.69) is 6.92 Å². The fourth-order valence-corrected chi connectivity index (χ4v) is 3.24. The Balaban J connectivity index is 1.91. The van der Waals surface area contributed by atoms with Gasteiger partial charge in [-0.1, -0.05) is 63.6 Å². The number of carbonyl (C=O) groups is 2. The van der Waals surface area contributed by atoms with Crippen LogP contribution in [0.15, 0.2) is 24.3 Å². The number of unbranched alkanes of at least 4 members (excludes halogenated alkanes) is 6. The third-order valence-electron chi connectivity index (χ3n) is 4.50. The Morgan fingerprint density at radius 3 is 2.43 bits per heavy atom. The molecule has 2 atom stereocenters. The van der Waals surface area contributed by atoms with E-state index in [9.17, 15) is 14.7 Å². The highest BCUT2D eigenvalue weighted by Crippen LogP contribution is 2.34. The van der Waals surface area contributed by atoms with Crippen LogP contribution >= 0.6 is 0 Å². The number of carboxylic acids is 1. The molecule has 0 aromatic heterocycles. The van der Waals surface area contributed by atoms with Crippen LogP contribution in [0.5, 0.6) is 0 Å². The van der Waals surface area contributed by atoms with Crippen LogP contribution in [0.1, 0.15) is 80.1 Å². The maximum Gasteiger partial charge on any atom is 0.338 e. The van der Waals surface area contributed by atoms with Gasteiger partial charge in [0.2, 0.25) is 0 Å². The van der Waals surface area contributed by atoms with E-state index in [-0.39, 0.29) is 0 Å². The van der Waals surface area contributed by atoms with Crippen LogP contribution in [0.25, 0.3) is 0 Å². The molecule has 0 radical (unpaired) electrons. The molecular weight excluding hydrogens is 292 g/mol. The molecule has 4 nitrogen and oxygen atoms in total. The first-order valence-electron chi connectivity index (χ1n) is 8.68. The number of esters is 1. The second-order valence-electron chi connectivity index (χ2n) is 6.26. The zero-order valence-corrected chi connectivity index (χ0v) is 13.8. The third-order valence-corrected chi connectivity index (χ3v) is 4.50. The lowest BCUT2D eigenvalue weighted by Crippen LogP contribution is -2.36. The van der Waals surface area contributed by atoms with Crippen molar-refractivity contribution in [1.29, 1.82) is 0 Å². The topological polar surface area (TPSA) is 63.6 Å². The molecule has 23 heavy (non-hydrogen) atoms. The summed E-state index contributed by atoms with van der Waals surface area (Å²) in [6, 6.07) is 6.87. The number of cyclic esters (lactones) is 1. The van der Waals surface area contributed by atoms with E-state index in [0.717, 1.165) is 19.3 Å². The number of benzene rings is 1. The highest BCUT2D eigenvalue weighted by Gasteiger charge is 2.39. The van der Waals surface area contributed by atoms with Crippen molar-refractivity contribution in [1.82, 2.24) is 0 Å². The van der Waals surface area contributed by atoms with Gasteiger partial charge >= 0.3 is 11.9 Å². The molecule has 126 valence electrons. The summed E-state index contributed by atoms with van der Waals surface area (Å²) in [5.41, 5.74) is 0.972. The fourth-order valence-electron chi connectivity index (χ4n) is 3.24. The van der Waals surface area contributed by atoms with Crippen LogP contribution in [0.3, 0.4) is 0 Å². The highest BCUT2D eigenvalue weighted by molar-refractivity contribution is 5.95. The summed E-state index contributed by atoms with van der Waals surface area (Å²) >= 11 is 0. The molecule has 0 fully saturated rings. The third kappa shape index (κ3) is 4.57. The van der Waals surface area contributed by atoms with E-state index in [1.165, 1.54) is 25.7 Å². The molecular formula is C19H26O4. The van der Waals surface area contributed by atoms with E-state index >= 15 is 0 Å². The Morgan fingerprint density at radius 1 is 1.09 bits per heavy atom. The second kappa shape index (κ2) is 8.70. The number of rotatable bonds is 9. The molecule has 1 aromatic rings. The molecule has 0 amide bonds. The average Bonchev–Trinajstić information content (AvgIpc) is 2.54. The first-order valence-corrected chi connectivity index (χ1v) is 8.68. The smallest absolute Gasteiger partial charge is 0.338 e. The van der Waals surface area contributed by atoms with Gasteiger partial charge in [-0.2, -0.15) is 0 Å². The van der Waals surface area contributed by atoms with Crippen molar-refractivity contribution >= 4 is 11.9 Å². The molecule has 0 aliphatic carbocycles. The SMILES string of the molecule is CCCCCCCCC[C@@H]1OC(=O)c2ccccc2[C@H]1C(=O)O. The van der Waals surface area contributed by atoms with Gasteiger partial charge in [-0.25, -0.2) is 4.79 Å². The fraction of sp³-hybridized carbons (Fsp3) is 0.579. The van der Waals surface area contributed by atoms with Crippen molar-refractivity contribution < 1.29 is 19.4 Å². The maximum absolute atomic E-state index is 12.1. The van der Waals surface area contributed by atoms with E-state index in [0.29, 0.717) is 17.5 Å². The molecule has 1 N–H and O–H groups in total. The highest BCUT2D eigenvalue weighted by atomic mass is 16.5. The average molecular weight is 318 g/mol. The van der Waals surface area contributed by atoms with Crippen LogP contribution in [0.2, 0.25) is 0 Å². The van der Waals surface area contributed by atoms with Crippen molar-refractivity contribution in [3.63, 3.8) is 0 Å². The lowest BCUT2D eigenvalue weighted by molar-refractivity contribution is -0.142. The zero-order chi connectivity index (χ0) is 16.7. The number of fused-ring (bicyclic) bond motifs is 1. The molecule has 0 unspecified atom stereocenters. The van der Waals surface area contributed by atoms with Gasteiger partial charge in [-0.3, -0.25) is 4.79 Å². The molecule has 0 saturated carbocycles. The molecule has 0 bridgehead atoms. The van der Waals surface area contributed by atoms with Gasteiger partial charge in [0.05, 0.1) is 5.56 Å². The quantitative estimate of drug-likeness (QED) is 0.536. The Kier molecular flexibility index (Phi) is 6.63. The van der Waals surface area contributed by atoms with Gasteiger partial charge in [0, 0.05) is 0 Å². The lowest BCUT2D eigenvalue weighted by atomic mass is 9.85. The zero-order valence-electron chi connectivity index (χ0n) is 13.8. The number of aliphatic carboxylic acids is 1. The Labute approximate surface area is 137 Å². The number of carboxylic acid groups (broad SMARTS) is 1. The van der Waals surface area contributed by atoms with E-state index in [4.69, 9.17) is 4.74 Å². The van der Waals surface area contributed by atoms with Gasteiger partial charge in [0.1, 0.15) is 12.0 Å². The van der Waals surface area contributed by atoms with Crippen LogP contribution in [-0.2, 0) is 9.53 Å². The minimum atomic E-state index is -0.919. The first kappa shape index (κ1) is 17.5. The standard InChI is InChI=1S/C19H26O4/c1-2-3-4-5-6-7-8-13-16-17(18(20)21)14-11-9-10-12-15(14)19(22)23-16/h9-12,16-17H,2-8,13H2,1H3,(H,20,21)/t16-,17+/m0/s1. The number of hydrogen-bond donors (Lipinski definition) is 1. The summed E-state index contributed by atoms with van der Waals surface area (Å²) in [6.45, 7) is 2.20. The summed E-state index contributed by atoms with van der Waals surface area (Å²) < 4.78 is 5.41. The molecule has 1 aliphatic rings. The molecule has 0 saturated heterocycles. The van der Waals surface area contributed by atoms with Gasteiger partial charge in [-0.15, -0.1) is 0 Å². The summed E-state index contributed by atoms with van der Waals surface area (Å²) in [4.78, 5) is 23.7. The van der Waals surface area contributed by atoms with Crippen molar-refractivity contribution in [3.05, 3.63) is 35.4 Å². The Morgan fingerprint density at radius 2 is 1.74 bits per heavy atom. The minimum absolute atomic E-state index is 0.385. The predicted octanol–water partition coefficient (Wildman–Crippen LogP) is 4.53. The number of ether oxygens (including phenoxy) is 1. The molecule has 0 spiro atoms. The lowest BCUT2D eigenvalue weighted by Gasteiger charge is -2.30. The predicted molar refractivity (Wildman–Crippen MR) is 88.6 cm³/mol. The first-order chi connectivity index (χ1) is 11.1.